The van der Waals surface area contributed by atoms with Crippen LogP contribution in [0.3, 0.4) is 0 Å². The minimum Gasteiger partial charge on any atom is -0.384 e. The van der Waals surface area contributed by atoms with E-state index in [1.807, 2.05) is 6.07 Å². The SMILES string of the molecule is COCCNCCNc1ccccc1C. The summed E-state index contributed by atoms with van der Waals surface area (Å²) < 4.78 is 4.94. The predicted molar refractivity (Wildman–Crippen MR) is 64.4 cm³/mol. The molecule has 0 aliphatic heterocycles. The smallest absolute Gasteiger partial charge is 0.0587 e. The highest BCUT2D eigenvalue weighted by atomic mass is 16.5. The Morgan fingerprint density at radius 2 is 1.93 bits per heavy atom. The molecule has 0 aliphatic rings. The number of anilines is 1. The highest BCUT2D eigenvalue weighted by molar-refractivity contribution is 5.50. The van der Waals surface area contributed by atoms with Crippen LogP contribution >= 0.6 is 0 Å². The summed E-state index contributed by atoms with van der Waals surface area (Å²) in [7, 11) is 1.72. The van der Waals surface area contributed by atoms with Crippen molar-refractivity contribution >= 4 is 5.69 Å². The van der Waals surface area contributed by atoms with Crippen molar-refractivity contribution in [3.05, 3.63) is 29.8 Å². The third-order valence-electron chi connectivity index (χ3n) is 2.25. The van der Waals surface area contributed by atoms with Crippen molar-refractivity contribution in [2.45, 2.75) is 6.92 Å². The number of hydrogen-bond donors (Lipinski definition) is 2. The van der Waals surface area contributed by atoms with Crippen molar-refractivity contribution in [3.8, 4) is 0 Å². The molecule has 0 atom stereocenters. The molecule has 3 nitrogen and oxygen atoms in total. The molecule has 0 aromatic heterocycles. The van der Waals surface area contributed by atoms with Crippen LogP contribution in [-0.2, 0) is 4.74 Å². The van der Waals surface area contributed by atoms with Gasteiger partial charge in [-0.3, -0.25) is 0 Å². The Labute approximate surface area is 91.8 Å². The number of benzene rings is 1. The molecule has 1 aromatic rings. The summed E-state index contributed by atoms with van der Waals surface area (Å²) in [6.45, 7) is 5.68. The molecule has 84 valence electrons. The van der Waals surface area contributed by atoms with Crippen LogP contribution in [0.4, 0.5) is 5.69 Å². The molecule has 0 saturated heterocycles. The summed E-state index contributed by atoms with van der Waals surface area (Å²) >= 11 is 0. The van der Waals surface area contributed by atoms with Crippen molar-refractivity contribution < 1.29 is 4.74 Å². The molecule has 0 heterocycles. The highest BCUT2D eigenvalue weighted by Crippen LogP contribution is 2.11. The molecule has 0 unspecified atom stereocenters. The Kier molecular flexibility index (Phi) is 5.81. The van der Waals surface area contributed by atoms with Crippen LogP contribution in [0, 0.1) is 6.92 Å². The van der Waals surface area contributed by atoms with E-state index in [2.05, 4.69) is 35.8 Å². The first kappa shape index (κ1) is 12.0. The molecule has 1 aromatic carbocycles. The van der Waals surface area contributed by atoms with Gasteiger partial charge in [0.1, 0.15) is 0 Å². The Hall–Kier alpha value is -1.06. The lowest BCUT2D eigenvalue weighted by Gasteiger charge is -2.09. The molecule has 15 heavy (non-hydrogen) atoms. The van der Waals surface area contributed by atoms with E-state index < -0.39 is 0 Å². The van der Waals surface area contributed by atoms with Crippen molar-refractivity contribution in [2.75, 3.05) is 38.7 Å². The zero-order valence-electron chi connectivity index (χ0n) is 9.55. The number of para-hydroxylation sites is 1. The lowest BCUT2D eigenvalue weighted by atomic mass is 10.2. The zero-order valence-corrected chi connectivity index (χ0v) is 9.55. The summed E-state index contributed by atoms with van der Waals surface area (Å²) in [4.78, 5) is 0. The molecule has 0 aliphatic carbocycles. The minimum absolute atomic E-state index is 0.768. The lowest BCUT2D eigenvalue weighted by molar-refractivity contribution is 0.200. The molecular formula is C12H20N2O. The van der Waals surface area contributed by atoms with E-state index >= 15 is 0 Å². The molecular weight excluding hydrogens is 188 g/mol. The van der Waals surface area contributed by atoms with Gasteiger partial charge < -0.3 is 15.4 Å². The van der Waals surface area contributed by atoms with Crippen molar-refractivity contribution in [1.29, 1.82) is 0 Å². The van der Waals surface area contributed by atoms with Crippen LogP contribution in [0.2, 0.25) is 0 Å². The molecule has 3 heteroatoms. The summed E-state index contributed by atoms with van der Waals surface area (Å²) in [5.41, 5.74) is 2.50. The molecule has 0 spiro atoms. The van der Waals surface area contributed by atoms with E-state index in [0.717, 1.165) is 26.2 Å². The number of aryl methyl sites for hydroxylation is 1. The standard InChI is InChI=1S/C12H20N2O/c1-11-5-3-4-6-12(11)14-8-7-13-9-10-15-2/h3-6,13-14H,7-10H2,1-2H3. The van der Waals surface area contributed by atoms with Gasteiger partial charge in [-0.1, -0.05) is 18.2 Å². The average Bonchev–Trinajstić information content (AvgIpc) is 2.25. The van der Waals surface area contributed by atoms with E-state index in [0.29, 0.717) is 0 Å². The molecule has 1 rings (SSSR count). The summed E-state index contributed by atoms with van der Waals surface area (Å²) in [5.74, 6) is 0. The van der Waals surface area contributed by atoms with Gasteiger partial charge in [0.05, 0.1) is 6.61 Å². The van der Waals surface area contributed by atoms with Gasteiger partial charge in [0.15, 0.2) is 0 Å². The maximum Gasteiger partial charge on any atom is 0.0587 e. The minimum atomic E-state index is 0.768. The van der Waals surface area contributed by atoms with Gasteiger partial charge >= 0.3 is 0 Å². The maximum absolute atomic E-state index is 4.94. The maximum atomic E-state index is 4.94. The van der Waals surface area contributed by atoms with E-state index in [4.69, 9.17) is 4.74 Å². The normalized spacial score (nSPS) is 10.3. The second kappa shape index (κ2) is 7.26. The second-order valence-electron chi connectivity index (χ2n) is 3.48. The number of hydrogen-bond acceptors (Lipinski definition) is 3. The van der Waals surface area contributed by atoms with Crippen LogP contribution in [0.15, 0.2) is 24.3 Å². The molecule has 0 amide bonds. The van der Waals surface area contributed by atoms with Gasteiger partial charge in [0, 0.05) is 32.4 Å². The first-order chi connectivity index (χ1) is 7.34. The van der Waals surface area contributed by atoms with Gasteiger partial charge in [-0.15, -0.1) is 0 Å². The van der Waals surface area contributed by atoms with E-state index in [9.17, 15) is 0 Å². The second-order valence-corrected chi connectivity index (χ2v) is 3.48. The Morgan fingerprint density at radius 1 is 1.13 bits per heavy atom. The van der Waals surface area contributed by atoms with Crippen molar-refractivity contribution in [1.82, 2.24) is 5.32 Å². The molecule has 0 radical (unpaired) electrons. The third kappa shape index (κ3) is 4.81. The topological polar surface area (TPSA) is 33.3 Å². The quantitative estimate of drug-likeness (QED) is 0.668. The number of ether oxygens (including phenoxy) is 1. The molecule has 0 bridgehead atoms. The molecule has 2 N–H and O–H groups in total. The van der Waals surface area contributed by atoms with Crippen LogP contribution in [-0.4, -0.2) is 33.4 Å². The molecule has 0 saturated carbocycles. The fourth-order valence-corrected chi connectivity index (χ4v) is 1.36. The van der Waals surface area contributed by atoms with Crippen LogP contribution < -0.4 is 10.6 Å². The van der Waals surface area contributed by atoms with Gasteiger partial charge in [0.2, 0.25) is 0 Å². The van der Waals surface area contributed by atoms with Crippen molar-refractivity contribution in [3.63, 3.8) is 0 Å². The number of rotatable bonds is 7. The van der Waals surface area contributed by atoms with E-state index in [-0.39, 0.29) is 0 Å². The first-order valence-corrected chi connectivity index (χ1v) is 5.33. The Morgan fingerprint density at radius 3 is 2.67 bits per heavy atom. The number of nitrogens with one attached hydrogen (secondary N) is 2. The van der Waals surface area contributed by atoms with E-state index in [1.165, 1.54) is 11.3 Å². The van der Waals surface area contributed by atoms with Crippen molar-refractivity contribution in [2.24, 2.45) is 0 Å². The van der Waals surface area contributed by atoms with Crippen LogP contribution in [0.5, 0.6) is 0 Å². The largest absolute Gasteiger partial charge is 0.384 e. The third-order valence-corrected chi connectivity index (χ3v) is 2.25. The molecule has 0 fully saturated rings. The van der Waals surface area contributed by atoms with Crippen LogP contribution in [0.25, 0.3) is 0 Å². The average molecular weight is 208 g/mol. The fourth-order valence-electron chi connectivity index (χ4n) is 1.36. The monoisotopic (exact) mass is 208 g/mol. The Balaban J connectivity index is 2.12. The summed E-state index contributed by atoms with van der Waals surface area (Å²) in [6, 6.07) is 8.32. The van der Waals surface area contributed by atoms with Crippen LogP contribution in [0.1, 0.15) is 5.56 Å². The van der Waals surface area contributed by atoms with Gasteiger partial charge in [-0.05, 0) is 18.6 Å². The van der Waals surface area contributed by atoms with E-state index in [1.54, 1.807) is 7.11 Å². The highest BCUT2D eigenvalue weighted by Gasteiger charge is 1.94. The fraction of sp³-hybridized carbons (Fsp3) is 0.500. The lowest BCUT2D eigenvalue weighted by Crippen LogP contribution is -2.25. The van der Waals surface area contributed by atoms with Gasteiger partial charge in [-0.2, -0.15) is 0 Å². The summed E-state index contributed by atoms with van der Waals surface area (Å²) in [6.07, 6.45) is 0. The Bertz CT molecular complexity index is 276. The van der Waals surface area contributed by atoms with Gasteiger partial charge in [0.25, 0.3) is 0 Å². The number of methoxy groups -OCH3 is 1. The summed E-state index contributed by atoms with van der Waals surface area (Å²) in [5, 5.41) is 6.68. The zero-order chi connectivity index (χ0) is 10.9. The predicted octanol–water partition coefficient (Wildman–Crippen LogP) is 1.64. The first-order valence-electron chi connectivity index (χ1n) is 5.33. The van der Waals surface area contributed by atoms with Gasteiger partial charge in [-0.25, -0.2) is 0 Å².